The summed E-state index contributed by atoms with van der Waals surface area (Å²) in [6, 6.07) is 6.27. The Morgan fingerprint density at radius 2 is 1.73 bits per heavy atom. The van der Waals surface area contributed by atoms with Gasteiger partial charge in [-0.2, -0.15) is 0 Å². The predicted molar refractivity (Wildman–Crippen MR) is 132 cm³/mol. The van der Waals surface area contributed by atoms with E-state index in [0.29, 0.717) is 6.61 Å². The third kappa shape index (κ3) is 7.06. The van der Waals surface area contributed by atoms with Crippen molar-refractivity contribution in [3.63, 3.8) is 0 Å². The van der Waals surface area contributed by atoms with Crippen molar-refractivity contribution in [2.24, 2.45) is 5.92 Å². The van der Waals surface area contributed by atoms with E-state index in [0.717, 1.165) is 82.7 Å². The molecule has 0 bridgehead atoms. The van der Waals surface area contributed by atoms with Crippen molar-refractivity contribution < 1.29 is 14.6 Å². The van der Waals surface area contributed by atoms with Crippen LogP contribution in [0, 0.1) is 5.92 Å². The van der Waals surface area contributed by atoms with Gasteiger partial charge in [0.1, 0.15) is 6.61 Å². The van der Waals surface area contributed by atoms with Gasteiger partial charge in [0.05, 0.1) is 12.7 Å². The molecule has 0 amide bonds. The van der Waals surface area contributed by atoms with Crippen LogP contribution in [0.2, 0.25) is 0 Å². The van der Waals surface area contributed by atoms with Crippen molar-refractivity contribution in [3.8, 4) is 11.5 Å². The number of rotatable bonds is 9. The number of ether oxygens (including phenoxy) is 2. The minimum absolute atomic E-state index is 0.602. The number of benzene rings is 1. The molecule has 1 aromatic rings. The van der Waals surface area contributed by atoms with E-state index in [2.05, 4.69) is 45.7 Å². The smallest absolute Gasteiger partial charge is 0.161 e. The Kier molecular flexibility index (Phi) is 8.52. The van der Waals surface area contributed by atoms with E-state index in [-0.39, 0.29) is 0 Å². The maximum absolute atomic E-state index is 11.2. The topological polar surface area (TPSA) is 51.7 Å². The van der Waals surface area contributed by atoms with Crippen LogP contribution in [0.3, 0.4) is 0 Å². The number of hydrogen-bond donors (Lipinski definition) is 1. The van der Waals surface area contributed by atoms with Crippen molar-refractivity contribution in [1.29, 1.82) is 0 Å². The highest BCUT2D eigenvalue weighted by Crippen LogP contribution is 2.30. The number of likely N-dealkylation sites (N-methyl/N-ethyl adjacent to an activating group) is 1. The summed E-state index contributed by atoms with van der Waals surface area (Å²) in [6.07, 6.45) is 3.42. The molecule has 0 unspecified atom stereocenters. The van der Waals surface area contributed by atoms with Gasteiger partial charge < -0.3 is 19.5 Å². The van der Waals surface area contributed by atoms with Crippen molar-refractivity contribution in [3.05, 3.63) is 23.8 Å². The molecule has 33 heavy (non-hydrogen) atoms. The molecule has 0 aromatic heterocycles. The molecule has 4 rings (SSSR count). The summed E-state index contributed by atoms with van der Waals surface area (Å²) in [5.74, 6) is 2.47. The standard InChI is InChI=1S/C26H44N4O3/c1-22-6-9-28(10-7-22)16-17-33-24-5-4-23(18-25(24)32-3)19-30-11-8-26(31,21-30)20-29-14-12-27(2)13-15-29/h4-5,18,22,31H,6-17,19-21H2,1-3H3/t26-/m1/s1. The van der Waals surface area contributed by atoms with E-state index in [1.54, 1.807) is 7.11 Å². The number of methoxy groups -OCH3 is 1. The minimum atomic E-state index is -0.602. The average Bonchev–Trinajstić information content (AvgIpc) is 3.17. The number of piperazine rings is 1. The number of β-amino-alcohol motifs (C(OH)–C–C–N with tert-alkyl or cyclic N) is 1. The Bertz CT molecular complexity index is 747. The van der Waals surface area contributed by atoms with Crippen molar-refractivity contribution >= 4 is 0 Å². The summed E-state index contributed by atoms with van der Waals surface area (Å²) >= 11 is 0. The summed E-state index contributed by atoms with van der Waals surface area (Å²) in [4.78, 5) is 9.64. The molecule has 3 heterocycles. The van der Waals surface area contributed by atoms with E-state index in [1.807, 2.05) is 6.07 Å². The second kappa shape index (κ2) is 11.4. The molecule has 0 radical (unpaired) electrons. The van der Waals surface area contributed by atoms with Crippen molar-refractivity contribution in [2.45, 2.75) is 38.3 Å². The predicted octanol–water partition coefficient (Wildman–Crippen LogP) is 1.99. The molecule has 186 valence electrons. The number of piperidine rings is 1. The molecule has 1 N–H and O–H groups in total. The van der Waals surface area contributed by atoms with Gasteiger partial charge in [-0.25, -0.2) is 0 Å². The first-order chi connectivity index (χ1) is 15.9. The average molecular weight is 461 g/mol. The third-order valence-corrected chi connectivity index (χ3v) is 7.70. The molecule has 1 atom stereocenters. The number of hydrogen-bond acceptors (Lipinski definition) is 7. The summed E-state index contributed by atoms with van der Waals surface area (Å²) in [7, 11) is 3.88. The van der Waals surface area contributed by atoms with E-state index in [1.165, 1.54) is 31.5 Å². The first kappa shape index (κ1) is 24.7. The highest BCUT2D eigenvalue weighted by atomic mass is 16.5. The van der Waals surface area contributed by atoms with Crippen LogP contribution in [0.5, 0.6) is 11.5 Å². The monoisotopic (exact) mass is 460 g/mol. The first-order valence-corrected chi connectivity index (χ1v) is 12.8. The molecule has 0 spiro atoms. The molecular formula is C26H44N4O3. The van der Waals surface area contributed by atoms with Crippen molar-refractivity contribution in [2.75, 3.05) is 86.2 Å². The van der Waals surface area contributed by atoms with Gasteiger partial charge in [0.15, 0.2) is 11.5 Å². The van der Waals surface area contributed by atoms with Crippen LogP contribution in [0.1, 0.15) is 31.7 Å². The first-order valence-electron chi connectivity index (χ1n) is 12.8. The van der Waals surface area contributed by atoms with Crippen LogP contribution in [-0.2, 0) is 6.54 Å². The number of likely N-dealkylation sites (tertiary alicyclic amines) is 2. The Morgan fingerprint density at radius 3 is 2.45 bits per heavy atom. The van der Waals surface area contributed by atoms with Gasteiger partial charge in [0, 0.05) is 58.9 Å². The molecule has 1 aromatic carbocycles. The van der Waals surface area contributed by atoms with Gasteiger partial charge in [-0.1, -0.05) is 13.0 Å². The second-order valence-corrected chi connectivity index (χ2v) is 10.6. The lowest BCUT2D eigenvalue weighted by Crippen LogP contribution is -2.51. The lowest BCUT2D eigenvalue weighted by Gasteiger charge is -2.37. The zero-order valence-electron chi connectivity index (χ0n) is 21.0. The Morgan fingerprint density at radius 1 is 0.970 bits per heavy atom. The molecular weight excluding hydrogens is 416 g/mol. The maximum atomic E-state index is 11.2. The molecule has 0 aliphatic carbocycles. The Labute approximate surface area is 200 Å². The SMILES string of the molecule is COc1cc(CN2CC[C@@](O)(CN3CCN(C)CC3)C2)ccc1OCCN1CCC(C)CC1. The van der Waals surface area contributed by atoms with Gasteiger partial charge in [-0.15, -0.1) is 0 Å². The molecule has 7 nitrogen and oxygen atoms in total. The van der Waals surface area contributed by atoms with E-state index in [9.17, 15) is 5.11 Å². The molecule has 3 aliphatic rings. The zero-order valence-corrected chi connectivity index (χ0v) is 21.0. The fraction of sp³-hybridized carbons (Fsp3) is 0.769. The Hall–Kier alpha value is -1.38. The molecule has 3 saturated heterocycles. The maximum Gasteiger partial charge on any atom is 0.161 e. The second-order valence-electron chi connectivity index (χ2n) is 10.6. The number of nitrogens with zero attached hydrogens (tertiary/aromatic N) is 4. The van der Waals surface area contributed by atoms with Crippen LogP contribution >= 0.6 is 0 Å². The highest BCUT2D eigenvalue weighted by Gasteiger charge is 2.37. The van der Waals surface area contributed by atoms with E-state index < -0.39 is 5.60 Å². The fourth-order valence-electron chi connectivity index (χ4n) is 5.38. The van der Waals surface area contributed by atoms with Gasteiger partial charge in [-0.3, -0.25) is 14.7 Å². The summed E-state index contributed by atoms with van der Waals surface area (Å²) < 4.78 is 11.7. The molecule has 3 aliphatic heterocycles. The highest BCUT2D eigenvalue weighted by molar-refractivity contribution is 5.43. The zero-order chi connectivity index (χ0) is 23.3. The fourth-order valence-corrected chi connectivity index (χ4v) is 5.38. The van der Waals surface area contributed by atoms with Gasteiger partial charge in [-0.05, 0) is 63.0 Å². The summed E-state index contributed by atoms with van der Waals surface area (Å²) in [5, 5.41) is 11.2. The number of aliphatic hydroxyl groups is 1. The lowest BCUT2D eigenvalue weighted by molar-refractivity contribution is -0.000372. The molecule has 0 saturated carbocycles. The van der Waals surface area contributed by atoms with Crippen LogP contribution in [0.4, 0.5) is 0 Å². The van der Waals surface area contributed by atoms with Crippen LogP contribution in [0.15, 0.2) is 18.2 Å². The van der Waals surface area contributed by atoms with Crippen LogP contribution in [-0.4, -0.2) is 117 Å². The largest absolute Gasteiger partial charge is 0.493 e. The summed E-state index contributed by atoms with van der Waals surface area (Å²) in [5.41, 5.74) is 0.600. The van der Waals surface area contributed by atoms with Gasteiger partial charge >= 0.3 is 0 Å². The lowest BCUT2D eigenvalue weighted by atomic mass is 9.99. The summed E-state index contributed by atoms with van der Waals surface area (Å²) in [6.45, 7) is 13.9. The van der Waals surface area contributed by atoms with Crippen LogP contribution < -0.4 is 9.47 Å². The van der Waals surface area contributed by atoms with Gasteiger partial charge in [0.25, 0.3) is 0 Å². The molecule has 7 heteroatoms. The van der Waals surface area contributed by atoms with E-state index in [4.69, 9.17) is 9.47 Å². The van der Waals surface area contributed by atoms with Gasteiger partial charge in [0.2, 0.25) is 0 Å². The van der Waals surface area contributed by atoms with Crippen molar-refractivity contribution in [1.82, 2.24) is 19.6 Å². The minimum Gasteiger partial charge on any atom is -0.493 e. The third-order valence-electron chi connectivity index (χ3n) is 7.70. The van der Waals surface area contributed by atoms with Crippen LogP contribution in [0.25, 0.3) is 0 Å². The quantitative estimate of drug-likeness (QED) is 0.605. The normalized spacial score (nSPS) is 26.7. The molecule has 3 fully saturated rings. The van der Waals surface area contributed by atoms with E-state index >= 15 is 0 Å². The Balaban J connectivity index is 1.24.